The van der Waals surface area contributed by atoms with Crippen LogP contribution >= 0.6 is 0 Å². The van der Waals surface area contributed by atoms with Crippen molar-refractivity contribution in [2.75, 3.05) is 12.4 Å². The molecule has 1 amide bonds. The van der Waals surface area contributed by atoms with Crippen molar-refractivity contribution in [3.63, 3.8) is 0 Å². The molecule has 1 N–H and O–H groups in total. The van der Waals surface area contributed by atoms with Crippen LogP contribution in [0.15, 0.2) is 46.9 Å². The van der Waals surface area contributed by atoms with E-state index in [1.54, 1.807) is 56.5 Å². The molecule has 122 valence electrons. The van der Waals surface area contributed by atoms with Gasteiger partial charge in [0.15, 0.2) is 5.78 Å². The van der Waals surface area contributed by atoms with Gasteiger partial charge < -0.3 is 14.5 Å². The normalized spacial score (nSPS) is 10.6. The largest absolute Gasteiger partial charge is 0.497 e. The number of carbonyl (C=O) groups excluding carboxylic acids is 2. The molecule has 0 bridgehead atoms. The summed E-state index contributed by atoms with van der Waals surface area (Å²) < 4.78 is 10.9. The van der Waals surface area contributed by atoms with Crippen LogP contribution in [-0.4, -0.2) is 18.8 Å². The molecule has 0 saturated carbocycles. The molecule has 0 saturated heterocycles. The van der Waals surface area contributed by atoms with E-state index in [1.165, 1.54) is 6.92 Å². The highest BCUT2D eigenvalue weighted by Crippen LogP contribution is 2.29. The van der Waals surface area contributed by atoms with E-state index in [-0.39, 0.29) is 11.7 Å². The molecule has 24 heavy (non-hydrogen) atoms. The Morgan fingerprint density at radius 2 is 1.79 bits per heavy atom. The summed E-state index contributed by atoms with van der Waals surface area (Å²) in [6.45, 7) is 3.25. The maximum Gasteiger partial charge on any atom is 0.259 e. The molecule has 3 rings (SSSR count). The minimum atomic E-state index is -0.268. The zero-order valence-corrected chi connectivity index (χ0v) is 13.7. The Morgan fingerprint density at radius 3 is 2.42 bits per heavy atom. The maximum absolute atomic E-state index is 12.6. The maximum atomic E-state index is 12.6. The van der Waals surface area contributed by atoms with Gasteiger partial charge in [-0.2, -0.15) is 0 Å². The van der Waals surface area contributed by atoms with Crippen molar-refractivity contribution >= 4 is 28.3 Å². The van der Waals surface area contributed by atoms with Crippen LogP contribution in [-0.2, 0) is 0 Å². The first kappa shape index (κ1) is 15.8. The molecular formula is C19H17NO4. The molecule has 0 aliphatic heterocycles. The van der Waals surface area contributed by atoms with Gasteiger partial charge in [0.05, 0.1) is 12.7 Å². The predicted molar refractivity (Wildman–Crippen MR) is 91.9 cm³/mol. The van der Waals surface area contributed by atoms with Gasteiger partial charge in [-0.1, -0.05) is 0 Å². The van der Waals surface area contributed by atoms with Crippen molar-refractivity contribution in [3.05, 3.63) is 59.4 Å². The van der Waals surface area contributed by atoms with Gasteiger partial charge in [-0.25, -0.2) is 0 Å². The summed E-state index contributed by atoms with van der Waals surface area (Å²) in [5.41, 5.74) is 2.31. The molecule has 0 aliphatic carbocycles. The third-order valence-electron chi connectivity index (χ3n) is 3.85. The van der Waals surface area contributed by atoms with Gasteiger partial charge in [0.25, 0.3) is 5.91 Å². The standard InChI is InChI=1S/C19H17NO4/c1-11(21)13-4-6-14(7-5-13)20-19(22)18-12(2)24-17-9-8-15(23-3)10-16(17)18/h4-10H,1-3H3,(H,20,22). The highest BCUT2D eigenvalue weighted by molar-refractivity contribution is 6.13. The van der Waals surface area contributed by atoms with E-state index in [0.717, 1.165) is 0 Å². The van der Waals surface area contributed by atoms with Crippen LogP contribution in [0.25, 0.3) is 11.0 Å². The van der Waals surface area contributed by atoms with Crippen LogP contribution in [0.5, 0.6) is 5.75 Å². The molecule has 1 aromatic heterocycles. The molecule has 3 aromatic rings. The minimum Gasteiger partial charge on any atom is -0.497 e. The van der Waals surface area contributed by atoms with E-state index in [1.807, 2.05) is 0 Å². The molecule has 0 atom stereocenters. The number of ether oxygens (including phenoxy) is 1. The Balaban J connectivity index is 1.93. The summed E-state index contributed by atoms with van der Waals surface area (Å²) in [5, 5.41) is 3.53. The first-order valence-electron chi connectivity index (χ1n) is 7.49. The van der Waals surface area contributed by atoms with Crippen molar-refractivity contribution in [1.29, 1.82) is 0 Å². The number of Topliss-reactive ketones (excluding diaryl/α,β-unsaturated/α-hetero) is 1. The predicted octanol–water partition coefficient (Wildman–Crippen LogP) is 4.20. The molecule has 0 aliphatic rings. The van der Waals surface area contributed by atoms with Gasteiger partial charge >= 0.3 is 0 Å². The molecule has 0 fully saturated rings. The molecular weight excluding hydrogens is 306 g/mol. The van der Waals surface area contributed by atoms with E-state index in [9.17, 15) is 9.59 Å². The molecule has 2 aromatic carbocycles. The van der Waals surface area contributed by atoms with Crippen LogP contribution in [0.2, 0.25) is 0 Å². The Labute approximate surface area is 139 Å². The topological polar surface area (TPSA) is 68.5 Å². The lowest BCUT2D eigenvalue weighted by Gasteiger charge is -2.06. The number of hydrogen-bond acceptors (Lipinski definition) is 4. The van der Waals surface area contributed by atoms with Gasteiger partial charge in [0, 0.05) is 16.6 Å². The number of amides is 1. The van der Waals surface area contributed by atoms with Crippen LogP contribution in [0, 0.1) is 6.92 Å². The molecule has 5 nitrogen and oxygen atoms in total. The van der Waals surface area contributed by atoms with E-state index >= 15 is 0 Å². The van der Waals surface area contributed by atoms with Crippen molar-refractivity contribution < 1.29 is 18.7 Å². The second-order valence-electron chi connectivity index (χ2n) is 5.48. The lowest BCUT2D eigenvalue weighted by molar-refractivity contribution is 0.101. The number of ketones is 1. The number of fused-ring (bicyclic) bond motifs is 1. The number of methoxy groups -OCH3 is 1. The highest BCUT2D eigenvalue weighted by Gasteiger charge is 2.19. The Kier molecular flexibility index (Phi) is 4.08. The van der Waals surface area contributed by atoms with Gasteiger partial charge in [0.2, 0.25) is 0 Å². The average Bonchev–Trinajstić information content (AvgIpc) is 2.90. The number of benzene rings is 2. The van der Waals surface area contributed by atoms with Gasteiger partial charge in [-0.15, -0.1) is 0 Å². The molecule has 1 heterocycles. The number of carbonyl (C=O) groups is 2. The third kappa shape index (κ3) is 2.88. The summed E-state index contributed by atoms with van der Waals surface area (Å²) in [7, 11) is 1.57. The van der Waals surface area contributed by atoms with Crippen LogP contribution in [0.4, 0.5) is 5.69 Å². The summed E-state index contributed by atoms with van der Waals surface area (Å²) in [6, 6.07) is 12.1. The van der Waals surface area contributed by atoms with E-state index in [4.69, 9.17) is 9.15 Å². The second-order valence-corrected chi connectivity index (χ2v) is 5.48. The summed E-state index contributed by atoms with van der Waals surface area (Å²) >= 11 is 0. The van der Waals surface area contributed by atoms with Crippen LogP contribution in [0.3, 0.4) is 0 Å². The van der Waals surface area contributed by atoms with Gasteiger partial charge in [-0.05, 0) is 56.3 Å². The first-order chi connectivity index (χ1) is 11.5. The fourth-order valence-corrected chi connectivity index (χ4v) is 2.59. The van der Waals surface area contributed by atoms with E-state index < -0.39 is 0 Å². The number of anilines is 1. The number of nitrogens with one attached hydrogen (secondary N) is 1. The minimum absolute atomic E-state index is 0.0170. The lowest BCUT2D eigenvalue weighted by Crippen LogP contribution is -2.12. The quantitative estimate of drug-likeness (QED) is 0.730. The summed E-state index contributed by atoms with van der Waals surface area (Å²) in [4.78, 5) is 24.0. The smallest absolute Gasteiger partial charge is 0.259 e. The monoisotopic (exact) mass is 323 g/mol. The van der Waals surface area contributed by atoms with Crippen molar-refractivity contribution in [3.8, 4) is 5.75 Å². The van der Waals surface area contributed by atoms with Crippen molar-refractivity contribution in [2.45, 2.75) is 13.8 Å². The molecule has 5 heteroatoms. The van der Waals surface area contributed by atoms with E-state index in [2.05, 4.69) is 5.32 Å². The first-order valence-corrected chi connectivity index (χ1v) is 7.49. The van der Waals surface area contributed by atoms with Crippen LogP contribution < -0.4 is 10.1 Å². The fraction of sp³-hybridized carbons (Fsp3) is 0.158. The van der Waals surface area contributed by atoms with Crippen molar-refractivity contribution in [1.82, 2.24) is 0 Å². The van der Waals surface area contributed by atoms with Crippen LogP contribution in [0.1, 0.15) is 33.4 Å². The summed E-state index contributed by atoms with van der Waals surface area (Å²) in [6.07, 6.45) is 0. The van der Waals surface area contributed by atoms with Gasteiger partial charge in [0.1, 0.15) is 17.1 Å². The molecule has 0 spiro atoms. The average molecular weight is 323 g/mol. The third-order valence-corrected chi connectivity index (χ3v) is 3.85. The lowest BCUT2D eigenvalue weighted by atomic mass is 10.1. The Bertz CT molecular complexity index is 922. The summed E-state index contributed by atoms with van der Waals surface area (Å²) in [5.74, 6) is 0.908. The number of furan rings is 1. The SMILES string of the molecule is COc1ccc2oc(C)c(C(=O)Nc3ccc(C(C)=O)cc3)c2c1. The number of hydrogen-bond donors (Lipinski definition) is 1. The fourth-order valence-electron chi connectivity index (χ4n) is 2.59. The Morgan fingerprint density at radius 1 is 1.08 bits per heavy atom. The zero-order valence-electron chi connectivity index (χ0n) is 13.7. The van der Waals surface area contributed by atoms with Gasteiger partial charge in [-0.3, -0.25) is 9.59 Å². The van der Waals surface area contributed by atoms with Crippen molar-refractivity contribution in [2.24, 2.45) is 0 Å². The highest BCUT2D eigenvalue weighted by atomic mass is 16.5. The molecule has 0 radical (unpaired) electrons. The molecule has 0 unspecified atom stereocenters. The second kappa shape index (κ2) is 6.20. The van der Waals surface area contributed by atoms with E-state index in [0.29, 0.717) is 39.3 Å². The zero-order chi connectivity index (χ0) is 17.3. The number of rotatable bonds is 4. The Hall–Kier alpha value is -3.08. The number of aryl methyl sites for hydroxylation is 1.